The molecule has 0 aromatic heterocycles. The van der Waals surface area contributed by atoms with E-state index in [2.05, 4.69) is 0 Å². The number of carbonyl (C=O) groups excluding carboxylic acids is 1. The van der Waals surface area contributed by atoms with E-state index < -0.39 is 24.1 Å². The maximum atomic E-state index is 10.8. The van der Waals surface area contributed by atoms with E-state index in [4.69, 9.17) is 14.6 Å². The summed E-state index contributed by atoms with van der Waals surface area (Å²) in [7, 11) is 1.37. The molecule has 0 heterocycles. The standard InChI is InChI=1S/C10H12O5/c1-6(11)15-8-5-3-4-7(10(12)13)9(8)14-2/h3-5,8-9H,1-2H3,(H,12,13). The molecule has 0 radical (unpaired) electrons. The number of carboxylic acids is 1. The highest BCUT2D eigenvalue weighted by Gasteiger charge is 2.31. The first-order chi connectivity index (χ1) is 7.06. The van der Waals surface area contributed by atoms with Crippen LogP contribution in [0, 0.1) is 0 Å². The maximum absolute atomic E-state index is 10.8. The molecule has 5 heteroatoms. The number of rotatable bonds is 3. The van der Waals surface area contributed by atoms with Crippen LogP contribution in [-0.2, 0) is 19.1 Å². The van der Waals surface area contributed by atoms with E-state index in [9.17, 15) is 9.59 Å². The lowest BCUT2D eigenvalue weighted by molar-refractivity contribution is -0.150. The number of carbonyl (C=O) groups is 2. The van der Waals surface area contributed by atoms with Crippen LogP contribution in [-0.4, -0.2) is 36.4 Å². The second-order valence-electron chi connectivity index (χ2n) is 3.04. The van der Waals surface area contributed by atoms with Gasteiger partial charge in [0.05, 0.1) is 5.57 Å². The van der Waals surface area contributed by atoms with E-state index in [1.54, 1.807) is 6.08 Å². The summed E-state index contributed by atoms with van der Waals surface area (Å²) in [6.07, 6.45) is 3.12. The number of hydrogen-bond acceptors (Lipinski definition) is 4. The molecule has 0 fully saturated rings. The van der Waals surface area contributed by atoms with Crippen molar-refractivity contribution >= 4 is 11.9 Å². The number of hydrogen-bond donors (Lipinski definition) is 1. The largest absolute Gasteiger partial charge is 0.478 e. The lowest BCUT2D eigenvalue weighted by Crippen LogP contribution is -2.36. The SMILES string of the molecule is COC1C(C(=O)O)=CC=CC1OC(C)=O. The van der Waals surface area contributed by atoms with Crippen molar-refractivity contribution in [2.75, 3.05) is 7.11 Å². The fraction of sp³-hybridized carbons (Fsp3) is 0.400. The summed E-state index contributed by atoms with van der Waals surface area (Å²) in [6.45, 7) is 1.26. The second kappa shape index (κ2) is 4.75. The topological polar surface area (TPSA) is 72.8 Å². The Kier molecular flexibility index (Phi) is 3.62. The number of esters is 1. The van der Waals surface area contributed by atoms with Crippen molar-refractivity contribution in [1.82, 2.24) is 0 Å². The Morgan fingerprint density at radius 2 is 2.13 bits per heavy atom. The zero-order valence-corrected chi connectivity index (χ0v) is 8.47. The molecule has 1 rings (SSSR count). The number of methoxy groups -OCH3 is 1. The van der Waals surface area contributed by atoms with E-state index >= 15 is 0 Å². The van der Waals surface area contributed by atoms with E-state index in [-0.39, 0.29) is 5.57 Å². The smallest absolute Gasteiger partial charge is 0.334 e. The molecule has 1 aliphatic carbocycles. The highest BCUT2D eigenvalue weighted by atomic mass is 16.6. The molecule has 0 spiro atoms. The molecule has 0 aliphatic heterocycles. The van der Waals surface area contributed by atoms with Gasteiger partial charge in [-0.25, -0.2) is 4.79 Å². The lowest BCUT2D eigenvalue weighted by Gasteiger charge is -2.25. The summed E-state index contributed by atoms with van der Waals surface area (Å²) in [5.41, 5.74) is 0.0752. The number of aliphatic carboxylic acids is 1. The van der Waals surface area contributed by atoms with Gasteiger partial charge in [-0.05, 0) is 12.2 Å². The zero-order valence-electron chi connectivity index (χ0n) is 8.47. The van der Waals surface area contributed by atoms with Crippen LogP contribution in [0.25, 0.3) is 0 Å². The fourth-order valence-corrected chi connectivity index (χ4v) is 1.39. The minimum atomic E-state index is -1.08. The van der Waals surface area contributed by atoms with Gasteiger partial charge in [0, 0.05) is 14.0 Å². The van der Waals surface area contributed by atoms with E-state index in [1.165, 1.54) is 26.2 Å². The first-order valence-corrected chi connectivity index (χ1v) is 4.38. The molecule has 2 atom stereocenters. The molecule has 0 amide bonds. The summed E-state index contributed by atoms with van der Waals surface area (Å²) in [5.74, 6) is -1.55. The Bertz CT molecular complexity index is 329. The first kappa shape index (κ1) is 11.5. The van der Waals surface area contributed by atoms with E-state index in [1.807, 2.05) is 0 Å². The average Bonchev–Trinajstić information content (AvgIpc) is 2.16. The molecule has 0 aromatic carbocycles. The Balaban J connectivity index is 2.86. The van der Waals surface area contributed by atoms with Crippen molar-refractivity contribution in [1.29, 1.82) is 0 Å². The Hall–Kier alpha value is -1.62. The van der Waals surface area contributed by atoms with Crippen LogP contribution in [0.3, 0.4) is 0 Å². The molecule has 1 aliphatic rings. The van der Waals surface area contributed by atoms with Gasteiger partial charge < -0.3 is 14.6 Å². The van der Waals surface area contributed by atoms with Gasteiger partial charge >= 0.3 is 11.9 Å². The molecule has 5 nitrogen and oxygen atoms in total. The van der Waals surface area contributed by atoms with Gasteiger partial charge in [0.25, 0.3) is 0 Å². The molecule has 0 saturated carbocycles. The van der Waals surface area contributed by atoms with Gasteiger partial charge in [-0.2, -0.15) is 0 Å². The molecule has 2 unspecified atom stereocenters. The van der Waals surface area contributed by atoms with E-state index in [0.29, 0.717) is 0 Å². The van der Waals surface area contributed by atoms with Gasteiger partial charge in [0.15, 0.2) is 6.10 Å². The van der Waals surface area contributed by atoms with Gasteiger partial charge in [0.1, 0.15) is 6.10 Å². The van der Waals surface area contributed by atoms with Crippen LogP contribution in [0.15, 0.2) is 23.8 Å². The normalized spacial score (nSPS) is 24.5. The minimum Gasteiger partial charge on any atom is -0.478 e. The molecular formula is C10H12O5. The van der Waals surface area contributed by atoms with Crippen molar-refractivity contribution in [3.8, 4) is 0 Å². The minimum absolute atomic E-state index is 0.0752. The van der Waals surface area contributed by atoms with Crippen molar-refractivity contribution in [2.45, 2.75) is 19.1 Å². The highest BCUT2D eigenvalue weighted by molar-refractivity contribution is 5.89. The monoisotopic (exact) mass is 212 g/mol. The summed E-state index contributed by atoms with van der Waals surface area (Å²) in [5, 5.41) is 8.87. The number of allylic oxidation sites excluding steroid dienone is 2. The number of carboxylic acid groups (broad SMARTS) is 1. The Morgan fingerprint density at radius 3 is 2.60 bits per heavy atom. The summed E-state index contributed by atoms with van der Waals surface area (Å²) >= 11 is 0. The van der Waals surface area contributed by atoms with Gasteiger partial charge in [-0.15, -0.1) is 0 Å². The third kappa shape index (κ3) is 2.66. The van der Waals surface area contributed by atoms with Crippen LogP contribution < -0.4 is 0 Å². The Labute approximate surface area is 87.0 Å². The van der Waals surface area contributed by atoms with Crippen LogP contribution in [0.5, 0.6) is 0 Å². The predicted octanol–water partition coefficient (Wildman–Crippen LogP) is 0.514. The van der Waals surface area contributed by atoms with Crippen molar-refractivity contribution in [2.24, 2.45) is 0 Å². The first-order valence-electron chi connectivity index (χ1n) is 4.38. The van der Waals surface area contributed by atoms with Crippen molar-refractivity contribution < 1.29 is 24.2 Å². The number of ether oxygens (including phenoxy) is 2. The molecule has 82 valence electrons. The highest BCUT2D eigenvalue weighted by Crippen LogP contribution is 2.19. The fourth-order valence-electron chi connectivity index (χ4n) is 1.39. The summed E-state index contributed by atoms with van der Waals surface area (Å²) in [6, 6.07) is 0. The van der Waals surface area contributed by atoms with Crippen molar-refractivity contribution in [3.05, 3.63) is 23.8 Å². The summed E-state index contributed by atoms with van der Waals surface area (Å²) < 4.78 is 9.92. The average molecular weight is 212 g/mol. The molecule has 0 bridgehead atoms. The second-order valence-corrected chi connectivity index (χ2v) is 3.04. The summed E-state index contributed by atoms with van der Waals surface area (Å²) in [4.78, 5) is 21.6. The predicted molar refractivity (Wildman–Crippen MR) is 51.2 cm³/mol. The van der Waals surface area contributed by atoms with Crippen LogP contribution in [0.2, 0.25) is 0 Å². The zero-order chi connectivity index (χ0) is 11.4. The third-order valence-electron chi connectivity index (χ3n) is 1.98. The lowest BCUT2D eigenvalue weighted by atomic mass is 9.99. The van der Waals surface area contributed by atoms with Crippen LogP contribution in [0.4, 0.5) is 0 Å². The third-order valence-corrected chi connectivity index (χ3v) is 1.98. The van der Waals surface area contributed by atoms with Gasteiger partial charge in [-0.1, -0.05) is 6.08 Å². The van der Waals surface area contributed by atoms with Crippen LogP contribution >= 0.6 is 0 Å². The van der Waals surface area contributed by atoms with Crippen molar-refractivity contribution in [3.63, 3.8) is 0 Å². The molecule has 15 heavy (non-hydrogen) atoms. The molecule has 0 saturated heterocycles. The van der Waals surface area contributed by atoms with Gasteiger partial charge in [0.2, 0.25) is 0 Å². The van der Waals surface area contributed by atoms with Gasteiger partial charge in [-0.3, -0.25) is 4.79 Å². The molecule has 0 aromatic rings. The maximum Gasteiger partial charge on any atom is 0.334 e. The Morgan fingerprint density at radius 1 is 1.47 bits per heavy atom. The molecular weight excluding hydrogens is 200 g/mol. The van der Waals surface area contributed by atoms with E-state index in [0.717, 1.165) is 0 Å². The molecule has 1 N–H and O–H groups in total. The quantitative estimate of drug-likeness (QED) is 0.690. The van der Waals surface area contributed by atoms with Crippen LogP contribution in [0.1, 0.15) is 6.92 Å².